The first kappa shape index (κ1) is 12.5. The fraction of sp³-hybridized carbons (Fsp3) is 0.214. The van der Waals surface area contributed by atoms with Crippen molar-refractivity contribution in [3.63, 3.8) is 0 Å². The van der Waals surface area contributed by atoms with Crippen molar-refractivity contribution in [1.29, 1.82) is 0 Å². The predicted molar refractivity (Wildman–Crippen MR) is 78.0 cm³/mol. The molecule has 0 radical (unpaired) electrons. The van der Waals surface area contributed by atoms with Crippen molar-refractivity contribution in [2.75, 3.05) is 11.5 Å². The highest BCUT2D eigenvalue weighted by Gasteiger charge is 2.09. The molecule has 0 aliphatic rings. The van der Waals surface area contributed by atoms with Crippen LogP contribution >= 0.6 is 24.4 Å². The van der Waals surface area contributed by atoms with E-state index < -0.39 is 0 Å². The third kappa shape index (κ3) is 3.79. The molecule has 0 spiro atoms. The van der Waals surface area contributed by atoms with Crippen LogP contribution in [0.2, 0.25) is 0 Å². The predicted octanol–water partition coefficient (Wildman–Crippen LogP) is 3.89. The second-order valence-corrected chi connectivity index (χ2v) is 5.17. The van der Waals surface area contributed by atoms with E-state index in [2.05, 4.69) is 41.9 Å². The van der Waals surface area contributed by atoms with Crippen molar-refractivity contribution in [2.45, 2.75) is 10.9 Å². The zero-order valence-electron chi connectivity index (χ0n) is 9.49. The molecular weight excluding hydrogens is 246 g/mol. The first-order valence-electron chi connectivity index (χ1n) is 5.60. The Hall–Kier alpha value is -0.930. The Morgan fingerprint density at radius 1 is 1.06 bits per heavy atom. The summed E-state index contributed by atoms with van der Waals surface area (Å²) in [5.74, 6) is 2.36. The minimum Gasteiger partial charge on any atom is -0.250 e. The molecule has 0 N–H and O–H groups in total. The van der Waals surface area contributed by atoms with Gasteiger partial charge in [0, 0.05) is 17.9 Å². The van der Waals surface area contributed by atoms with Gasteiger partial charge in [-0.2, -0.15) is 12.6 Å². The van der Waals surface area contributed by atoms with Gasteiger partial charge in [-0.3, -0.25) is 0 Å². The van der Waals surface area contributed by atoms with Crippen molar-refractivity contribution >= 4 is 24.4 Å². The first-order valence-corrected chi connectivity index (χ1v) is 7.21. The largest absolute Gasteiger partial charge is 0.250 e. The summed E-state index contributed by atoms with van der Waals surface area (Å²) in [5, 5.41) is 1.08. The molecule has 0 saturated carbocycles. The third-order valence-electron chi connectivity index (χ3n) is 2.56. The van der Waals surface area contributed by atoms with E-state index in [0.717, 1.165) is 16.5 Å². The van der Waals surface area contributed by atoms with Crippen LogP contribution in [0.4, 0.5) is 0 Å². The van der Waals surface area contributed by atoms with E-state index in [0.29, 0.717) is 5.92 Å². The second-order valence-electron chi connectivity index (χ2n) is 3.77. The Kier molecular flexibility index (Phi) is 4.95. The van der Waals surface area contributed by atoms with E-state index in [4.69, 9.17) is 0 Å². The normalized spacial score (nSPS) is 12.3. The SMILES string of the molecule is SCC(CSc1ccccn1)c1ccccc1. The lowest BCUT2D eigenvalue weighted by Crippen LogP contribution is -2.03. The minimum atomic E-state index is 0.478. The smallest absolute Gasteiger partial charge is 0.0960 e. The highest BCUT2D eigenvalue weighted by atomic mass is 32.2. The molecule has 0 fully saturated rings. The lowest BCUT2D eigenvalue weighted by atomic mass is 10.0. The van der Waals surface area contributed by atoms with Crippen molar-refractivity contribution < 1.29 is 0 Å². The fourth-order valence-electron chi connectivity index (χ4n) is 1.60. The molecule has 0 amide bonds. The maximum atomic E-state index is 4.44. The highest BCUT2D eigenvalue weighted by molar-refractivity contribution is 7.99. The molecule has 1 atom stereocenters. The number of benzene rings is 1. The summed E-state index contributed by atoms with van der Waals surface area (Å²) in [6, 6.07) is 16.6. The van der Waals surface area contributed by atoms with Crippen LogP contribution in [0.25, 0.3) is 0 Å². The molecule has 1 heterocycles. The van der Waals surface area contributed by atoms with Crippen molar-refractivity contribution in [3.05, 3.63) is 60.3 Å². The summed E-state index contributed by atoms with van der Waals surface area (Å²) in [5.41, 5.74) is 1.35. The van der Waals surface area contributed by atoms with Gasteiger partial charge in [0.05, 0.1) is 5.03 Å². The maximum absolute atomic E-state index is 4.44. The van der Waals surface area contributed by atoms with Gasteiger partial charge >= 0.3 is 0 Å². The van der Waals surface area contributed by atoms with Crippen LogP contribution in [-0.4, -0.2) is 16.5 Å². The number of aromatic nitrogens is 1. The number of nitrogens with zero attached hydrogens (tertiary/aromatic N) is 1. The van der Waals surface area contributed by atoms with Crippen LogP contribution < -0.4 is 0 Å². The molecule has 0 aliphatic heterocycles. The monoisotopic (exact) mass is 261 g/mol. The third-order valence-corrected chi connectivity index (χ3v) is 4.11. The van der Waals surface area contributed by atoms with E-state index in [1.54, 1.807) is 11.8 Å². The van der Waals surface area contributed by atoms with Crippen LogP contribution in [-0.2, 0) is 0 Å². The van der Waals surface area contributed by atoms with Gasteiger partial charge in [-0.1, -0.05) is 36.4 Å². The lowest BCUT2D eigenvalue weighted by Gasteiger charge is -2.13. The topological polar surface area (TPSA) is 12.9 Å². The van der Waals surface area contributed by atoms with Gasteiger partial charge in [-0.25, -0.2) is 4.98 Å². The van der Waals surface area contributed by atoms with Gasteiger partial charge in [0.1, 0.15) is 0 Å². The second kappa shape index (κ2) is 6.72. The summed E-state index contributed by atoms with van der Waals surface area (Å²) in [6.07, 6.45) is 1.83. The fourth-order valence-corrected chi connectivity index (χ4v) is 3.11. The van der Waals surface area contributed by atoms with E-state index >= 15 is 0 Å². The van der Waals surface area contributed by atoms with Crippen molar-refractivity contribution in [3.8, 4) is 0 Å². The molecule has 1 nitrogen and oxygen atoms in total. The number of hydrogen-bond acceptors (Lipinski definition) is 3. The van der Waals surface area contributed by atoms with Gasteiger partial charge in [-0.05, 0) is 23.4 Å². The molecule has 2 aromatic rings. The van der Waals surface area contributed by atoms with Crippen LogP contribution in [0.3, 0.4) is 0 Å². The minimum absolute atomic E-state index is 0.478. The zero-order valence-corrected chi connectivity index (χ0v) is 11.2. The molecule has 1 aromatic heterocycles. The number of thiol groups is 1. The molecule has 3 heteroatoms. The number of hydrogen-bond donors (Lipinski definition) is 1. The van der Waals surface area contributed by atoms with Crippen LogP contribution in [0.1, 0.15) is 11.5 Å². The molecular formula is C14H15NS2. The van der Waals surface area contributed by atoms with Gasteiger partial charge in [-0.15, -0.1) is 11.8 Å². The Bertz CT molecular complexity index is 430. The number of pyridine rings is 1. The summed E-state index contributed by atoms with van der Waals surface area (Å²) in [4.78, 5) is 4.32. The Balaban J connectivity index is 1.97. The highest BCUT2D eigenvalue weighted by Crippen LogP contribution is 2.25. The Morgan fingerprint density at radius 2 is 1.82 bits per heavy atom. The first-order chi connectivity index (χ1) is 8.40. The molecule has 1 aromatic carbocycles. The van der Waals surface area contributed by atoms with E-state index in [1.165, 1.54) is 5.56 Å². The average molecular weight is 261 g/mol. The maximum Gasteiger partial charge on any atom is 0.0960 e. The van der Waals surface area contributed by atoms with Crippen LogP contribution in [0.5, 0.6) is 0 Å². The van der Waals surface area contributed by atoms with E-state index in [1.807, 2.05) is 30.5 Å². The number of thioether (sulfide) groups is 1. The van der Waals surface area contributed by atoms with Crippen LogP contribution in [0.15, 0.2) is 59.8 Å². The molecule has 0 bridgehead atoms. The molecule has 17 heavy (non-hydrogen) atoms. The van der Waals surface area contributed by atoms with Crippen molar-refractivity contribution in [1.82, 2.24) is 4.98 Å². The summed E-state index contributed by atoms with van der Waals surface area (Å²) in [7, 11) is 0. The average Bonchev–Trinajstić information content (AvgIpc) is 2.42. The van der Waals surface area contributed by atoms with Gasteiger partial charge in [0.15, 0.2) is 0 Å². The van der Waals surface area contributed by atoms with E-state index in [-0.39, 0.29) is 0 Å². The summed E-state index contributed by atoms with van der Waals surface area (Å²) >= 11 is 6.23. The van der Waals surface area contributed by atoms with Crippen molar-refractivity contribution in [2.24, 2.45) is 0 Å². The molecule has 1 unspecified atom stereocenters. The molecule has 0 aliphatic carbocycles. The summed E-state index contributed by atoms with van der Waals surface area (Å²) < 4.78 is 0. The van der Waals surface area contributed by atoms with Crippen LogP contribution in [0, 0.1) is 0 Å². The molecule has 2 rings (SSSR count). The number of rotatable bonds is 5. The lowest BCUT2D eigenvalue weighted by molar-refractivity contribution is 0.896. The molecule has 88 valence electrons. The van der Waals surface area contributed by atoms with Gasteiger partial charge in [0.25, 0.3) is 0 Å². The summed E-state index contributed by atoms with van der Waals surface area (Å²) in [6.45, 7) is 0. The quantitative estimate of drug-likeness (QED) is 0.648. The molecule has 0 saturated heterocycles. The van der Waals surface area contributed by atoms with Gasteiger partial charge in [0.2, 0.25) is 0 Å². The van der Waals surface area contributed by atoms with Gasteiger partial charge < -0.3 is 0 Å². The Labute approximate surface area is 112 Å². The standard InChI is InChI=1S/C14H15NS2/c16-10-13(12-6-2-1-3-7-12)11-17-14-8-4-5-9-15-14/h1-9,13,16H,10-11H2. The van der Waals surface area contributed by atoms with E-state index in [9.17, 15) is 0 Å². The Morgan fingerprint density at radius 3 is 2.47 bits per heavy atom. The zero-order chi connectivity index (χ0) is 11.9.